The van der Waals surface area contributed by atoms with Crippen LogP contribution in [0.3, 0.4) is 0 Å². The van der Waals surface area contributed by atoms with E-state index in [9.17, 15) is 9.59 Å². The average Bonchev–Trinajstić information content (AvgIpc) is 2.11. The molecule has 1 heterocycles. The Kier molecular flexibility index (Phi) is 3.71. The number of aliphatic hydroxyl groups is 2. The average molecular weight is 205 g/mol. The summed E-state index contributed by atoms with van der Waals surface area (Å²) in [6, 6.07) is 0. The van der Waals surface area contributed by atoms with Crippen molar-refractivity contribution in [2.75, 3.05) is 18.9 Å². The topological polar surface area (TPSA) is 77.8 Å². The predicted octanol–water partition coefficient (Wildman–Crippen LogP) is -0.575. The molecule has 1 aliphatic heterocycles. The summed E-state index contributed by atoms with van der Waals surface area (Å²) < 4.78 is 0. The SMILES string of the molecule is O=C1CCSC(=O)N1CC(O)CO. The molecular weight excluding hydrogens is 194 g/mol. The van der Waals surface area contributed by atoms with Crippen molar-refractivity contribution in [1.29, 1.82) is 0 Å². The first kappa shape index (κ1) is 10.5. The molecule has 74 valence electrons. The van der Waals surface area contributed by atoms with Crippen molar-refractivity contribution in [2.45, 2.75) is 12.5 Å². The largest absolute Gasteiger partial charge is 0.394 e. The maximum absolute atomic E-state index is 11.2. The maximum atomic E-state index is 11.2. The van der Waals surface area contributed by atoms with Gasteiger partial charge in [-0.15, -0.1) is 0 Å². The molecule has 0 spiro atoms. The summed E-state index contributed by atoms with van der Waals surface area (Å²) in [5, 5.41) is 17.2. The fourth-order valence-electron chi connectivity index (χ4n) is 0.985. The van der Waals surface area contributed by atoms with Gasteiger partial charge in [0.05, 0.1) is 19.3 Å². The number of nitrogens with zero attached hydrogens (tertiary/aromatic N) is 1. The standard InChI is InChI=1S/C7H11NO4S/c9-4-5(10)3-8-6(11)1-2-13-7(8)12/h5,9-10H,1-4H2. The first-order valence-corrected chi connectivity index (χ1v) is 4.89. The normalized spacial score (nSPS) is 20.6. The van der Waals surface area contributed by atoms with Gasteiger partial charge in [0.1, 0.15) is 0 Å². The molecule has 1 aliphatic rings. The van der Waals surface area contributed by atoms with Crippen molar-refractivity contribution in [3.63, 3.8) is 0 Å². The van der Waals surface area contributed by atoms with Crippen LogP contribution in [0.4, 0.5) is 4.79 Å². The zero-order valence-electron chi connectivity index (χ0n) is 6.97. The number of aliphatic hydroxyl groups excluding tert-OH is 2. The fraction of sp³-hybridized carbons (Fsp3) is 0.714. The van der Waals surface area contributed by atoms with E-state index in [0.717, 1.165) is 16.7 Å². The molecule has 0 aromatic heterocycles. The monoisotopic (exact) mass is 205 g/mol. The lowest BCUT2D eigenvalue weighted by molar-refractivity contribution is -0.128. The molecule has 0 saturated carbocycles. The molecule has 0 aliphatic carbocycles. The van der Waals surface area contributed by atoms with Gasteiger partial charge in [-0.1, -0.05) is 11.8 Å². The highest BCUT2D eigenvalue weighted by Crippen LogP contribution is 2.18. The second-order valence-corrected chi connectivity index (χ2v) is 3.75. The summed E-state index contributed by atoms with van der Waals surface area (Å²) in [7, 11) is 0. The summed E-state index contributed by atoms with van der Waals surface area (Å²) in [5.74, 6) is 0.222. The highest BCUT2D eigenvalue weighted by Gasteiger charge is 2.27. The minimum Gasteiger partial charge on any atom is -0.394 e. The zero-order chi connectivity index (χ0) is 9.84. The summed E-state index contributed by atoms with van der Waals surface area (Å²) in [6.07, 6.45) is -0.722. The molecule has 6 heteroatoms. The first-order chi connectivity index (χ1) is 6.15. The number of amides is 2. The molecular formula is C7H11NO4S. The number of β-amino-alcohol motifs (C(OH)–C–C–N with tert-alkyl or cyclic N) is 1. The summed E-state index contributed by atoms with van der Waals surface area (Å²) >= 11 is 1.06. The second-order valence-electron chi connectivity index (χ2n) is 2.71. The molecule has 0 aromatic carbocycles. The van der Waals surface area contributed by atoms with E-state index >= 15 is 0 Å². The van der Waals surface area contributed by atoms with Crippen LogP contribution in [-0.4, -0.2) is 51.3 Å². The molecule has 13 heavy (non-hydrogen) atoms. The highest BCUT2D eigenvalue weighted by molar-refractivity contribution is 8.13. The summed E-state index contributed by atoms with van der Waals surface area (Å²) in [5.41, 5.74) is 0. The van der Waals surface area contributed by atoms with E-state index in [1.54, 1.807) is 0 Å². The Balaban J connectivity index is 2.54. The number of thioether (sulfide) groups is 1. The number of imide groups is 1. The van der Waals surface area contributed by atoms with Crippen molar-refractivity contribution >= 4 is 22.9 Å². The summed E-state index contributed by atoms with van der Waals surface area (Å²) in [4.78, 5) is 23.3. The third-order valence-electron chi connectivity index (χ3n) is 1.67. The Morgan fingerprint density at radius 1 is 1.54 bits per heavy atom. The van der Waals surface area contributed by atoms with Crippen LogP contribution in [0.5, 0.6) is 0 Å². The van der Waals surface area contributed by atoms with Gasteiger partial charge in [-0.3, -0.25) is 14.5 Å². The third-order valence-corrected chi connectivity index (χ3v) is 2.54. The number of carbonyl (C=O) groups excluding carboxylic acids is 2. The van der Waals surface area contributed by atoms with Crippen molar-refractivity contribution in [2.24, 2.45) is 0 Å². The molecule has 0 radical (unpaired) electrons. The van der Waals surface area contributed by atoms with E-state index in [1.165, 1.54) is 0 Å². The lowest BCUT2D eigenvalue weighted by atomic mass is 10.3. The fourth-order valence-corrected chi connectivity index (χ4v) is 1.77. The first-order valence-electron chi connectivity index (χ1n) is 3.91. The van der Waals surface area contributed by atoms with E-state index in [4.69, 9.17) is 10.2 Å². The predicted molar refractivity (Wildman–Crippen MR) is 47.3 cm³/mol. The van der Waals surface area contributed by atoms with Gasteiger partial charge in [0.25, 0.3) is 5.24 Å². The van der Waals surface area contributed by atoms with E-state index < -0.39 is 12.7 Å². The van der Waals surface area contributed by atoms with Gasteiger partial charge in [0.2, 0.25) is 5.91 Å². The molecule has 1 saturated heterocycles. The maximum Gasteiger partial charge on any atom is 0.288 e. The Bertz CT molecular complexity index is 205. The zero-order valence-corrected chi connectivity index (χ0v) is 7.79. The molecule has 5 nitrogen and oxygen atoms in total. The van der Waals surface area contributed by atoms with Crippen molar-refractivity contribution in [3.8, 4) is 0 Å². The lowest BCUT2D eigenvalue weighted by Gasteiger charge is -2.25. The van der Waals surface area contributed by atoms with E-state index in [1.807, 2.05) is 0 Å². The Morgan fingerprint density at radius 3 is 2.77 bits per heavy atom. The lowest BCUT2D eigenvalue weighted by Crippen LogP contribution is -2.43. The Labute approximate surface area is 79.7 Å². The second kappa shape index (κ2) is 4.59. The Hall–Kier alpha value is -0.590. The summed E-state index contributed by atoms with van der Waals surface area (Å²) in [6.45, 7) is -0.553. The van der Waals surface area contributed by atoms with Crippen LogP contribution in [-0.2, 0) is 4.79 Å². The molecule has 0 aromatic rings. The van der Waals surface area contributed by atoms with Gasteiger partial charge < -0.3 is 10.2 Å². The minimum absolute atomic E-state index is 0.110. The van der Waals surface area contributed by atoms with Gasteiger partial charge in [-0.25, -0.2) is 0 Å². The van der Waals surface area contributed by atoms with Crippen LogP contribution >= 0.6 is 11.8 Å². The third kappa shape index (κ3) is 2.68. The highest BCUT2D eigenvalue weighted by atomic mass is 32.2. The van der Waals surface area contributed by atoms with E-state index in [0.29, 0.717) is 12.2 Å². The van der Waals surface area contributed by atoms with Gasteiger partial charge in [-0.05, 0) is 0 Å². The van der Waals surface area contributed by atoms with Gasteiger partial charge in [-0.2, -0.15) is 0 Å². The molecule has 1 rings (SSSR count). The molecule has 0 bridgehead atoms. The van der Waals surface area contributed by atoms with E-state index in [2.05, 4.69) is 0 Å². The number of carbonyl (C=O) groups is 2. The van der Waals surface area contributed by atoms with Gasteiger partial charge >= 0.3 is 0 Å². The van der Waals surface area contributed by atoms with Crippen LogP contribution in [0.2, 0.25) is 0 Å². The smallest absolute Gasteiger partial charge is 0.288 e. The van der Waals surface area contributed by atoms with Crippen molar-refractivity contribution in [1.82, 2.24) is 4.90 Å². The van der Waals surface area contributed by atoms with E-state index in [-0.39, 0.29) is 17.7 Å². The minimum atomic E-state index is -1.04. The van der Waals surface area contributed by atoms with Crippen LogP contribution in [0, 0.1) is 0 Å². The van der Waals surface area contributed by atoms with Crippen LogP contribution < -0.4 is 0 Å². The molecule has 1 unspecified atom stereocenters. The number of rotatable bonds is 3. The molecule has 2 amide bonds. The van der Waals surface area contributed by atoms with Crippen LogP contribution in [0.1, 0.15) is 6.42 Å². The van der Waals surface area contributed by atoms with Gasteiger partial charge in [0.15, 0.2) is 0 Å². The quantitative estimate of drug-likeness (QED) is 0.645. The number of hydrogen-bond donors (Lipinski definition) is 2. The van der Waals surface area contributed by atoms with Gasteiger partial charge in [0, 0.05) is 12.2 Å². The Morgan fingerprint density at radius 2 is 2.23 bits per heavy atom. The van der Waals surface area contributed by atoms with Crippen molar-refractivity contribution < 1.29 is 19.8 Å². The van der Waals surface area contributed by atoms with Crippen LogP contribution in [0.25, 0.3) is 0 Å². The molecule has 2 N–H and O–H groups in total. The van der Waals surface area contributed by atoms with Crippen molar-refractivity contribution in [3.05, 3.63) is 0 Å². The number of hydrogen-bond acceptors (Lipinski definition) is 5. The van der Waals surface area contributed by atoms with Crippen LogP contribution in [0.15, 0.2) is 0 Å². The molecule has 1 atom stereocenters. The molecule has 1 fully saturated rings.